The summed E-state index contributed by atoms with van der Waals surface area (Å²) in [5.41, 5.74) is 0. The van der Waals surface area contributed by atoms with E-state index in [0.717, 1.165) is 30.6 Å². The van der Waals surface area contributed by atoms with E-state index >= 15 is 0 Å². The lowest BCUT2D eigenvalue weighted by Gasteiger charge is -2.17. The highest BCUT2D eigenvalue weighted by Crippen LogP contribution is 2.47. The Hall–Kier alpha value is -0.160. The number of aliphatic hydroxyl groups is 3. The van der Waals surface area contributed by atoms with E-state index in [0.29, 0.717) is 12.3 Å². The quantitative estimate of drug-likeness (QED) is 0.317. The molecule has 1 heterocycles. The number of ether oxygens (including phenoxy) is 1. The molecule has 5 unspecified atom stereocenters. The normalized spacial score (nSPS) is 28.3. The van der Waals surface area contributed by atoms with Crippen LogP contribution in [-0.4, -0.2) is 33.5 Å². The minimum absolute atomic E-state index is 0.384. The van der Waals surface area contributed by atoms with Crippen LogP contribution in [0.2, 0.25) is 0 Å². The third kappa shape index (κ3) is 9.25. The predicted octanol–water partition coefficient (Wildman–Crippen LogP) is 5.24. The van der Waals surface area contributed by atoms with Gasteiger partial charge in [-0.15, -0.1) is 0 Å². The Bertz CT molecular complexity index is 400. The Balaban J connectivity index is 2.01. The zero-order valence-corrected chi connectivity index (χ0v) is 18.5. The molecule has 4 nitrogen and oxygen atoms in total. The van der Waals surface area contributed by atoms with Gasteiger partial charge in [0.05, 0.1) is 0 Å². The van der Waals surface area contributed by atoms with E-state index in [1.54, 1.807) is 0 Å². The molecule has 162 valence electrons. The summed E-state index contributed by atoms with van der Waals surface area (Å²) in [4.78, 5) is 0. The van der Waals surface area contributed by atoms with Gasteiger partial charge in [-0.05, 0) is 30.1 Å². The molecule has 0 saturated carbocycles. The molecule has 0 radical (unpaired) electrons. The minimum atomic E-state index is -1.73. The van der Waals surface area contributed by atoms with Crippen molar-refractivity contribution < 1.29 is 20.1 Å². The van der Waals surface area contributed by atoms with Crippen molar-refractivity contribution in [2.24, 2.45) is 23.7 Å². The van der Waals surface area contributed by atoms with Crippen LogP contribution >= 0.6 is 0 Å². The second kappa shape index (κ2) is 11.7. The van der Waals surface area contributed by atoms with Crippen LogP contribution in [0.1, 0.15) is 105 Å². The highest BCUT2D eigenvalue weighted by molar-refractivity contribution is 4.99. The second-order valence-electron chi connectivity index (χ2n) is 9.87. The minimum Gasteiger partial charge on any atom is -0.391 e. The number of rotatable bonds is 16. The van der Waals surface area contributed by atoms with Crippen LogP contribution in [0.4, 0.5) is 0 Å². The number of hydrogen-bond acceptors (Lipinski definition) is 4. The van der Waals surface area contributed by atoms with Gasteiger partial charge in [0.2, 0.25) is 11.6 Å². The maximum absolute atomic E-state index is 10.0. The standard InChI is InChI=1S/C23H46O4/c1-18(2)9-6-10-19(3)11-7-12-20(4)13-8-14-21(5)15-16-22(25)23(26,17-24)27-22/h18-21,24-26H,6-17H2,1-5H3. The maximum Gasteiger partial charge on any atom is 0.247 e. The summed E-state index contributed by atoms with van der Waals surface area (Å²) >= 11 is 0. The monoisotopic (exact) mass is 386 g/mol. The van der Waals surface area contributed by atoms with E-state index in [1.807, 2.05) is 0 Å². The van der Waals surface area contributed by atoms with Gasteiger partial charge in [0.15, 0.2) is 0 Å². The molecule has 0 aliphatic carbocycles. The first-order valence-electron chi connectivity index (χ1n) is 11.4. The van der Waals surface area contributed by atoms with Crippen molar-refractivity contribution >= 4 is 0 Å². The molecular weight excluding hydrogens is 340 g/mol. The summed E-state index contributed by atoms with van der Waals surface area (Å²) in [5.74, 6) is -0.281. The van der Waals surface area contributed by atoms with E-state index in [-0.39, 0.29) is 0 Å². The van der Waals surface area contributed by atoms with Crippen molar-refractivity contribution in [3.05, 3.63) is 0 Å². The average molecular weight is 387 g/mol. The van der Waals surface area contributed by atoms with Crippen molar-refractivity contribution in [3.8, 4) is 0 Å². The van der Waals surface area contributed by atoms with E-state index in [1.165, 1.54) is 51.4 Å². The summed E-state index contributed by atoms with van der Waals surface area (Å²) < 4.78 is 4.89. The van der Waals surface area contributed by atoms with Gasteiger partial charge in [-0.1, -0.05) is 92.4 Å². The lowest BCUT2D eigenvalue weighted by molar-refractivity contribution is -0.0252. The third-order valence-electron chi connectivity index (χ3n) is 6.36. The summed E-state index contributed by atoms with van der Waals surface area (Å²) in [6.45, 7) is 11.0. The van der Waals surface area contributed by atoms with Crippen LogP contribution in [0.5, 0.6) is 0 Å². The van der Waals surface area contributed by atoms with Gasteiger partial charge in [-0.25, -0.2) is 0 Å². The average Bonchev–Trinajstić information content (AvgIpc) is 3.15. The molecule has 0 spiro atoms. The number of hydrogen-bond donors (Lipinski definition) is 3. The summed E-state index contributed by atoms with van der Waals surface area (Å²) in [6.07, 6.45) is 13.0. The Labute approximate surface area is 167 Å². The topological polar surface area (TPSA) is 73.2 Å². The molecule has 0 aromatic heterocycles. The van der Waals surface area contributed by atoms with E-state index < -0.39 is 18.2 Å². The number of epoxide rings is 1. The molecule has 1 saturated heterocycles. The largest absolute Gasteiger partial charge is 0.391 e. The molecule has 1 aliphatic rings. The highest BCUT2D eigenvalue weighted by atomic mass is 16.8. The van der Waals surface area contributed by atoms with Crippen LogP contribution in [0.3, 0.4) is 0 Å². The van der Waals surface area contributed by atoms with Crippen LogP contribution in [0, 0.1) is 23.7 Å². The number of aliphatic hydroxyl groups excluding tert-OH is 1. The molecule has 0 aromatic rings. The molecule has 4 heteroatoms. The molecule has 0 aromatic carbocycles. The Morgan fingerprint density at radius 3 is 1.41 bits per heavy atom. The fourth-order valence-corrected chi connectivity index (χ4v) is 4.04. The Morgan fingerprint density at radius 2 is 1.04 bits per heavy atom. The molecule has 1 rings (SSSR count). The smallest absolute Gasteiger partial charge is 0.247 e. The zero-order valence-electron chi connectivity index (χ0n) is 18.5. The van der Waals surface area contributed by atoms with Crippen molar-refractivity contribution in [2.45, 2.75) is 117 Å². The van der Waals surface area contributed by atoms with Crippen LogP contribution < -0.4 is 0 Å². The first kappa shape index (κ1) is 24.9. The van der Waals surface area contributed by atoms with Crippen molar-refractivity contribution in [1.82, 2.24) is 0 Å². The molecular formula is C23H46O4. The molecule has 3 N–H and O–H groups in total. The van der Waals surface area contributed by atoms with Crippen molar-refractivity contribution in [3.63, 3.8) is 0 Å². The molecule has 1 fully saturated rings. The van der Waals surface area contributed by atoms with Crippen molar-refractivity contribution in [1.29, 1.82) is 0 Å². The molecule has 5 atom stereocenters. The summed E-state index contributed by atoms with van der Waals surface area (Å²) in [5, 5.41) is 28.7. The maximum atomic E-state index is 10.0. The van der Waals surface area contributed by atoms with Gasteiger partial charge in [0, 0.05) is 6.42 Å². The SMILES string of the molecule is CC(C)CCCC(C)CCCC(C)CCCC(C)CCC1(O)OC1(O)CO. The van der Waals surface area contributed by atoms with Gasteiger partial charge in [0.25, 0.3) is 0 Å². The lowest BCUT2D eigenvalue weighted by Crippen LogP contribution is -2.29. The van der Waals surface area contributed by atoms with Gasteiger partial charge in [-0.2, -0.15) is 0 Å². The fourth-order valence-electron chi connectivity index (χ4n) is 4.04. The van der Waals surface area contributed by atoms with E-state index in [9.17, 15) is 10.2 Å². The first-order valence-corrected chi connectivity index (χ1v) is 11.4. The van der Waals surface area contributed by atoms with Gasteiger partial charge in [0.1, 0.15) is 6.61 Å². The van der Waals surface area contributed by atoms with Crippen LogP contribution in [-0.2, 0) is 4.74 Å². The second-order valence-corrected chi connectivity index (χ2v) is 9.87. The molecule has 27 heavy (non-hydrogen) atoms. The summed E-state index contributed by atoms with van der Waals surface area (Å²) in [7, 11) is 0. The van der Waals surface area contributed by atoms with Gasteiger partial charge in [-0.3, -0.25) is 0 Å². The Kier molecular flexibility index (Phi) is 10.8. The molecule has 0 bridgehead atoms. The van der Waals surface area contributed by atoms with Crippen LogP contribution in [0.15, 0.2) is 0 Å². The fraction of sp³-hybridized carbons (Fsp3) is 1.00. The molecule has 1 aliphatic heterocycles. The summed E-state index contributed by atoms with van der Waals surface area (Å²) in [6, 6.07) is 0. The van der Waals surface area contributed by atoms with E-state index in [4.69, 9.17) is 9.84 Å². The first-order chi connectivity index (χ1) is 12.6. The third-order valence-corrected chi connectivity index (χ3v) is 6.36. The van der Waals surface area contributed by atoms with Crippen molar-refractivity contribution in [2.75, 3.05) is 6.61 Å². The predicted molar refractivity (Wildman–Crippen MR) is 111 cm³/mol. The zero-order chi connectivity index (χ0) is 20.5. The van der Waals surface area contributed by atoms with E-state index in [2.05, 4.69) is 34.6 Å². The lowest BCUT2D eigenvalue weighted by atomic mass is 9.90. The highest BCUT2D eigenvalue weighted by Gasteiger charge is 2.69. The molecule has 0 amide bonds. The Morgan fingerprint density at radius 1 is 0.630 bits per heavy atom. The van der Waals surface area contributed by atoms with Crippen LogP contribution in [0.25, 0.3) is 0 Å². The van der Waals surface area contributed by atoms with Gasteiger partial charge >= 0.3 is 0 Å². The van der Waals surface area contributed by atoms with Gasteiger partial charge < -0.3 is 20.1 Å².